The Kier molecular flexibility index (Phi) is 6.92. The first-order chi connectivity index (χ1) is 12.3. The van der Waals surface area contributed by atoms with Crippen molar-refractivity contribution in [2.24, 2.45) is 0 Å². The van der Waals surface area contributed by atoms with Gasteiger partial charge in [0.15, 0.2) is 11.5 Å². The fourth-order valence-electron chi connectivity index (χ4n) is 2.37. The maximum absolute atomic E-state index is 13.0. The number of aliphatic hydroxyl groups is 1. The molecule has 0 spiro atoms. The van der Waals surface area contributed by atoms with Crippen LogP contribution in [0.4, 0.5) is 8.78 Å². The summed E-state index contributed by atoms with van der Waals surface area (Å²) < 4.78 is 49.0. The molecule has 0 aliphatic carbocycles. The maximum Gasteiger partial charge on any atom is 1.00 e. The van der Waals surface area contributed by atoms with Crippen LogP contribution < -0.4 is 44.0 Å². The standard InChI is InChI=1S/C16H14F2N3O4S.Na/c1-24-13-5-6-19-12(14(13)25-2)8-26(23)15-20-10-4-3-9(16(17,18)22)7-11(10)21-15;/h3-7,22H,8H2,1-2H3;/q-1;+1/t26-;/m1./s1. The van der Waals surface area contributed by atoms with Crippen LogP contribution in [0.3, 0.4) is 0 Å². The zero-order valence-electron chi connectivity index (χ0n) is 14.8. The summed E-state index contributed by atoms with van der Waals surface area (Å²) in [6.45, 7) is 0. The van der Waals surface area contributed by atoms with Gasteiger partial charge in [0, 0.05) is 17.4 Å². The quantitative estimate of drug-likeness (QED) is 0.524. The van der Waals surface area contributed by atoms with E-state index in [1.54, 1.807) is 6.07 Å². The van der Waals surface area contributed by atoms with E-state index in [4.69, 9.17) is 14.6 Å². The number of benzene rings is 1. The summed E-state index contributed by atoms with van der Waals surface area (Å²) in [6.07, 6.45) is -2.49. The average Bonchev–Trinajstić information content (AvgIpc) is 3.04. The van der Waals surface area contributed by atoms with Crippen molar-refractivity contribution in [3.8, 4) is 11.5 Å². The number of nitrogens with zero attached hydrogens (tertiary/aromatic N) is 3. The second kappa shape index (κ2) is 8.61. The molecule has 2 aromatic heterocycles. The Morgan fingerprint density at radius 1 is 1.26 bits per heavy atom. The fraction of sp³-hybridized carbons (Fsp3) is 0.250. The van der Waals surface area contributed by atoms with E-state index in [1.165, 1.54) is 26.5 Å². The molecule has 0 aliphatic heterocycles. The van der Waals surface area contributed by atoms with Crippen LogP contribution in [0.1, 0.15) is 11.3 Å². The molecule has 0 bridgehead atoms. The number of halogens is 2. The minimum absolute atomic E-state index is 0. The van der Waals surface area contributed by atoms with Gasteiger partial charge in [0.1, 0.15) is 0 Å². The Bertz CT molecular complexity index is 978. The van der Waals surface area contributed by atoms with Crippen molar-refractivity contribution in [2.75, 3.05) is 14.2 Å². The molecule has 3 aromatic rings. The van der Waals surface area contributed by atoms with E-state index in [2.05, 4.69) is 15.0 Å². The van der Waals surface area contributed by atoms with Crippen molar-refractivity contribution in [2.45, 2.75) is 17.0 Å². The zero-order valence-corrected chi connectivity index (χ0v) is 17.6. The molecule has 7 nitrogen and oxygen atoms in total. The van der Waals surface area contributed by atoms with Gasteiger partial charge >= 0.3 is 35.7 Å². The molecule has 0 aliphatic rings. The monoisotopic (exact) mass is 405 g/mol. The molecule has 0 amide bonds. The van der Waals surface area contributed by atoms with Gasteiger partial charge in [0.05, 0.1) is 42.0 Å². The number of ether oxygens (including phenoxy) is 2. The van der Waals surface area contributed by atoms with E-state index in [-0.39, 0.29) is 46.0 Å². The van der Waals surface area contributed by atoms with Crippen LogP contribution in [0.15, 0.2) is 35.6 Å². The molecule has 11 heteroatoms. The molecule has 1 N–H and O–H groups in total. The van der Waals surface area contributed by atoms with Gasteiger partial charge in [-0.3, -0.25) is 9.19 Å². The second-order valence-electron chi connectivity index (χ2n) is 5.23. The first-order valence-corrected chi connectivity index (χ1v) is 8.64. The van der Waals surface area contributed by atoms with E-state index in [0.29, 0.717) is 22.7 Å². The predicted octanol–water partition coefficient (Wildman–Crippen LogP) is -1.04. The number of rotatable bonds is 6. The summed E-state index contributed by atoms with van der Waals surface area (Å²) in [5, 5.41) is 8.77. The Hall–Kier alpha value is -1.59. The third kappa shape index (κ3) is 4.64. The van der Waals surface area contributed by atoms with Crippen LogP contribution >= 0.6 is 0 Å². The molecule has 2 heterocycles. The minimum atomic E-state index is -3.98. The average molecular weight is 405 g/mol. The van der Waals surface area contributed by atoms with Crippen molar-refractivity contribution in [3.63, 3.8) is 0 Å². The molecule has 1 atom stereocenters. The van der Waals surface area contributed by atoms with Crippen molar-refractivity contribution >= 4 is 21.8 Å². The molecule has 27 heavy (non-hydrogen) atoms. The summed E-state index contributed by atoms with van der Waals surface area (Å²) in [4.78, 5) is 12.3. The molecular formula is C16H14F2N3NaO4S. The van der Waals surface area contributed by atoms with Gasteiger partial charge in [-0.2, -0.15) is 8.78 Å². The van der Waals surface area contributed by atoms with E-state index >= 15 is 0 Å². The van der Waals surface area contributed by atoms with Crippen molar-refractivity contribution in [3.05, 3.63) is 41.7 Å². The number of hydrogen-bond donors (Lipinski definition) is 1. The van der Waals surface area contributed by atoms with E-state index in [9.17, 15) is 13.0 Å². The Balaban J connectivity index is 0.00000261. The van der Waals surface area contributed by atoms with Crippen molar-refractivity contribution < 1.29 is 57.1 Å². The summed E-state index contributed by atoms with van der Waals surface area (Å²) in [5.41, 5.74) is 0.192. The third-order valence-electron chi connectivity index (χ3n) is 3.59. The molecule has 0 saturated carbocycles. The number of methoxy groups -OCH3 is 2. The van der Waals surface area contributed by atoms with Crippen LogP contribution in [0.5, 0.6) is 11.5 Å². The molecule has 0 saturated heterocycles. The summed E-state index contributed by atoms with van der Waals surface area (Å²) >= 11 is 0. The molecule has 0 unspecified atom stereocenters. The number of aromatic nitrogens is 3. The maximum atomic E-state index is 13.0. The van der Waals surface area contributed by atoms with Crippen LogP contribution in [0.2, 0.25) is 0 Å². The van der Waals surface area contributed by atoms with E-state index in [0.717, 1.165) is 12.1 Å². The smallest absolute Gasteiger partial charge is 0.493 e. The van der Waals surface area contributed by atoms with Crippen LogP contribution in [-0.4, -0.2) is 33.5 Å². The van der Waals surface area contributed by atoms with Crippen molar-refractivity contribution in [1.29, 1.82) is 0 Å². The fourth-order valence-corrected chi connectivity index (χ4v) is 3.35. The SMILES string of the molecule is COc1ccnc(C[S@@](=O)c2nc3cc(C(O)(F)F)ccc3[n-]2)c1OC.[Na+]. The van der Waals surface area contributed by atoms with Gasteiger partial charge in [0.2, 0.25) is 0 Å². The van der Waals surface area contributed by atoms with Gasteiger partial charge in [-0.25, -0.2) is 0 Å². The van der Waals surface area contributed by atoms with Gasteiger partial charge < -0.3 is 24.5 Å². The number of hydrogen-bond acceptors (Lipinski definition) is 6. The Morgan fingerprint density at radius 2 is 2.00 bits per heavy atom. The molecule has 0 radical (unpaired) electrons. The number of imidazole rings is 1. The van der Waals surface area contributed by atoms with E-state index < -0.39 is 22.5 Å². The summed E-state index contributed by atoms with van der Waals surface area (Å²) in [5.74, 6) is 0.749. The van der Waals surface area contributed by atoms with Crippen LogP contribution in [0, 0.1) is 0 Å². The second-order valence-corrected chi connectivity index (χ2v) is 6.58. The van der Waals surface area contributed by atoms with Gasteiger partial charge in [-0.15, -0.1) is 0 Å². The summed E-state index contributed by atoms with van der Waals surface area (Å²) in [7, 11) is 1.23. The topological polar surface area (TPSA) is 95.6 Å². The molecule has 3 rings (SSSR count). The zero-order chi connectivity index (χ0) is 18.9. The largest absolute Gasteiger partial charge is 1.00 e. The summed E-state index contributed by atoms with van der Waals surface area (Å²) in [6, 6.07) is 4.94. The van der Waals surface area contributed by atoms with Gasteiger partial charge in [0.25, 0.3) is 0 Å². The molecule has 1 aromatic carbocycles. The van der Waals surface area contributed by atoms with Gasteiger partial charge in [-0.1, -0.05) is 12.1 Å². The number of alkyl halides is 2. The van der Waals surface area contributed by atoms with Gasteiger partial charge in [-0.05, 0) is 17.1 Å². The Labute approximate surface area is 177 Å². The first-order valence-electron chi connectivity index (χ1n) is 7.33. The molecular weight excluding hydrogens is 391 g/mol. The molecule has 138 valence electrons. The number of pyridine rings is 1. The van der Waals surface area contributed by atoms with Crippen LogP contribution in [-0.2, 0) is 22.7 Å². The number of fused-ring (bicyclic) bond motifs is 1. The predicted molar refractivity (Wildman–Crippen MR) is 88.6 cm³/mol. The van der Waals surface area contributed by atoms with Crippen LogP contribution in [0.25, 0.3) is 11.0 Å². The Morgan fingerprint density at radius 3 is 2.63 bits per heavy atom. The molecule has 0 fully saturated rings. The third-order valence-corrected chi connectivity index (χ3v) is 4.72. The first kappa shape index (κ1) is 21.7. The normalized spacial score (nSPS) is 12.5. The van der Waals surface area contributed by atoms with Crippen molar-refractivity contribution in [1.82, 2.24) is 15.0 Å². The van der Waals surface area contributed by atoms with E-state index in [1.807, 2.05) is 0 Å². The minimum Gasteiger partial charge on any atom is -0.493 e.